The maximum Gasteiger partial charge on any atom is 0.573 e. The van der Waals surface area contributed by atoms with Crippen molar-refractivity contribution >= 4 is 5.83 Å². The fraction of sp³-hybridized carbons (Fsp3) is 0.391. The van der Waals surface area contributed by atoms with Gasteiger partial charge in [-0.1, -0.05) is 24.3 Å². The third kappa shape index (κ3) is 5.82. The lowest BCUT2D eigenvalue weighted by Crippen LogP contribution is -2.19. The third-order valence-electron chi connectivity index (χ3n) is 5.58. The third-order valence-corrected chi connectivity index (χ3v) is 5.58. The summed E-state index contributed by atoms with van der Waals surface area (Å²) in [5.74, 6) is -6.32. The first-order valence-corrected chi connectivity index (χ1v) is 9.97. The van der Waals surface area contributed by atoms with Gasteiger partial charge < -0.3 is 9.47 Å². The molecule has 0 heterocycles. The van der Waals surface area contributed by atoms with Crippen LogP contribution in [0.15, 0.2) is 42.2 Å². The average molecular weight is 462 g/mol. The minimum Gasteiger partial charge on any atom is -0.399 e. The Morgan fingerprint density at radius 3 is 1.84 bits per heavy atom. The van der Waals surface area contributed by atoms with E-state index in [2.05, 4.69) is 9.47 Å². The Morgan fingerprint density at radius 1 is 0.875 bits per heavy atom. The molecule has 174 valence electrons. The van der Waals surface area contributed by atoms with Gasteiger partial charge in [0.2, 0.25) is 5.75 Å². The van der Waals surface area contributed by atoms with Crippen molar-refractivity contribution in [2.24, 2.45) is 0 Å². The zero-order chi connectivity index (χ0) is 23.5. The molecule has 0 bridgehead atoms. The first-order valence-electron chi connectivity index (χ1n) is 9.97. The van der Waals surface area contributed by atoms with Crippen molar-refractivity contribution in [2.75, 3.05) is 13.7 Å². The predicted octanol–water partition coefficient (Wildman–Crippen LogP) is 7.56. The van der Waals surface area contributed by atoms with Crippen LogP contribution in [0, 0.1) is 11.6 Å². The van der Waals surface area contributed by atoms with Crippen LogP contribution >= 0.6 is 0 Å². The van der Waals surface area contributed by atoms with Gasteiger partial charge in [0.15, 0.2) is 23.3 Å². The van der Waals surface area contributed by atoms with Crippen LogP contribution in [0.25, 0.3) is 5.83 Å². The Morgan fingerprint density at radius 2 is 1.38 bits per heavy atom. The average Bonchev–Trinajstić information content (AvgIpc) is 2.75. The van der Waals surface area contributed by atoms with E-state index in [-0.39, 0.29) is 23.0 Å². The number of hydrogen-bond acceptors (Lipinski definition) is 2. The molecule has 0 aliphatic heterocycles. The van der Waals surface area contributed by atoms with E-state index in [0.29, 0.717) is 25.7 Å². The van der Waals surface area contributed by atoms with E-state index < -0.39 is 42.0 Å². The van der Waals surface area contributed by atoms with Gasteiger partial charge in [0.25, 0.3) is 0 Å². The number of halogens is 7. The molecule has 2 aromatic rings. The zero-order valence-corrected chi connectivity index (χ0v) is 17.1. The predicted molar refractivity (Wildman–Crippen MR) is 104 cm³/mol. The summed E-state index contributed by atoms with van der Waals surface area (Å²) >= 11 is 0. The van der Waals surface area contributed by atoms with Crippen molar-refractivity contribution in [3.63, 3.8) is 0 Å². The maximum atomic E-state index is 14.0. The van der Waals surface area contributed by atoms with E-state index in [0.717, 1.165) is 17.7 Å². The molecular formula is C23H21F7O2. The molecule has 2 aromatic carbocycles. The molecule has 32 heavy (non-hydrogen) atoms. The van der Waals surface area contributed by atoms with E-state index in [4.69, 9.17) is 0 Å². The second-order valence-electron chi connectivity index (χ2n) is 7.68. The molecule has 0 N–H and O–H groups in total. The molecule has 0 unspecified atom stereocenters. The lowest BCUT2D eigenvalue weighted by molar-refractivity contribution is -0.276. The Kier molecular flexibility index (Phi) is 7.48. The highest BCUT2D eigenvalue weighted by Crippen LogP contribution is 2.42. The maximum absolute atomic E-state index is 14.0. The lowest BCUT2D eigenvalue weighted by Gasteiger charge is -2.29. The number of hydrogen-bond donors (Lipinski definition) is 0. The van der Waals surface area contributed by atoms with Gasteiger partial charge in [-0.3, -0.25) is 0 Å². The lowest BCUT2D eigenvalue weighted by atomic mass is 9.76. The minimum atomic E-state index is -5.19. The van der Waals surface area contributed by atoms with E-state index in [1.54, 1.807) is 12.1 Å². The van der Waals surface area contributed by atoms with Gasteiger partial charge in [-0.25, -0.2) is 17.6 Å². The molecule has 1 aliphatic rings. The van der Waals surface area contributed by atoms with Crippen molar-refractivity contribution in [3.8, 4) is 5.75 Å². The number of benzene rings is 2. The largest absolute Gasteiger partial charge is 0.573 e. The quantitative estimate of drug-likeness (QED) is 0.413. The molecule has 0 spiro atoms. The summed E-state index contributed by atoms with van der Waals surface area (Å²) in [6.45, 7) is -0.456. The Hall–Kier alpha value is -2.55. The zero-order valence-electron chi connectivity index (χ0n) is 17.1. The number of ether oxygens (including phenoxy) is 2. The molecule has 0 amide bonds. The second-order valence-corrected chi connectivity index (χ2v) is 7.68. The van der Waals surface area contributed by atoms with Crippen molar-refractivity contribution in [2.45, 2.75) is 43.9 Å². The summed E-state index contributed by atoms with van der Waals surface area (Å²) in [6, 6.07) is 8.15. The molecule has 0 saturated heterocycles. The van der Waals surface area contributed by atoms with Crippen molar-refractivity contribution in [3.05, 3.63) is 70.5 Å². The van der Waals surface area contributed by atoms with Crippen LogP contribution in [0.5, 0.6) is 5.75 Å². The van der Waals surface area contributed by atoms with Gasteiger partial charge in [0.1, 0.15) is 6.61 Å². The normalized spacial score (nSPS) is 20.1. The summed E-state index contributed by atoms with van der Waals surface area (Å²) in [5, 5.41) is 0. The van der Waals surface area contributed by atoms with Crippen LogP contribution in [-0.4, -0.2) is 20.1 Å². The summed E-state index contributed by atoms with van der Waals surface area (Å²) < 4.78 is 101. The molecule has 0 aromatic heterocycles. The summed E-state index contributed by atoms with van der Waals surface area (Å²) in [6.07, 6.45) is -2.71. The molecule has 9 heteroatoms. The van der Waals surface area contributed by atoms with Crippen LogP contribution in [-0.2, 0) is 4.74 Å². The van der Waals surface area contributed by atoms with Crippen LogP contribution < -0.4 is 4.74 Å². The summed E-state index contributed by atoms with van der Waals surface area (Å²) in [7, 11) is 1.26. The van der Waals surface area contributed by atoms with E-state index in [9.17, 15) is 30.7 Å². The van der Waals surface area contributed by atoms with Crippen molar-refractivity contribution in [1.29, 1.82) is 0 Å². The minimum absolute atomic E-state index is 0.101. The Balaban J connectivity index is 1.66. The molecule has 1 fully saturated rings. The van der Waals surface area contributed by atoms with Crippen LogP contribution in [0.4, 0.5) is 30.7 Å². The van der Waals surface area contributed by atoms with Gasteiger partial charge in [-0.05, 0) is 60.8 Å². The second kappa shape index (κ2) is 9.94. The molecule has 0 radical (unpaired) electrons. The Bertz CT molecular complexity index is 936. The SMILES string of the molecule is COC/C(F)=C(\F)c1ccc(C2CCC(c3cc(F)c(OC(F)(F)F)c(F)c3)CC2)cc1. The Labute approximate surface area is 180 Å². The highest BCUT2D eigenvalue weighted by molar-refractivity contribution is 5.61. The van der Waals surface area contributed by atoms with Gasteiger partial charge >= 0.3 is 6.36 Å². The molecular weight excluding hydrogens is 441 g/mol. The molecule has 0 atom stereocenters. The van der Waals surface area contributed by atoms with Crippen LogP contribution in [0.2, 0.25) is 0 Å². The highest BCUT2D eigenvalue weighted by atomic mass is 19.4. The molecule has 3 rings (SSSR count). The fourth-order valence-corrected chi connectivity index (χ4v) is 4.04. The van der Waals surface area contributed by atoms with Crippen LogP contribution in [0.3, 0.4) is 0 Å². The molecule has 1 aliphatic carbocycles. The van der Waals surface area contributed by atoms with Gasteiger partial charge in [0, 0.05) is 12.7 Å². The van der Waals surface area contributed by atoms with Crippen molar-refractivity contribution in [1.82, 2.24) is 0 Å². The summed E-state index contributed by atoms with van der Waals surface area (Å²) in [4.78, 5) is 0. The van der Waals surface area contributed by atoms with Crippen molar-refractivity contribution < 1.29 is 40.2 Å². The fourth-order valence-electron chi connectivity index (χ4n) is 4.04. The first kappa shape index (κ1) is 24.1. The monoisotopic (exact) mass is 462 g/mol. The topological polar surface area (TPSA) is 18.5 Å². The molecule has 1 saturated carbocycles. The number of methoxy groups -OCH3 is 1. The first-order chi connectivity index (χ1) is 15.1. The summed E-state index contributed by atoms with van der Waals surface area (Å²) in [5.41, 5.74) is 1.31. The van der Waals surface area contributed by atoms with E-state index in [1.807, 2.05) is 0 Å². The number of rotatable bonds is 6. The van der Waals surface area contributed by atoms with Gasteiger partial charge in [-0.2, -0.15) is 0 Å². The molecule has 2 nitrogen and oxygen atoms in total. The van der Waals surface area contributed by atoms with E-state index >= 15 is 0 Å². The number of alkyl halides is 3. The highest BCUT2D eigenvalue weighted by Gasteiger charge is 2.34. The van der Waals surface area contributed by atoms with Gasteiger partial charge in [0.05, 0.1) is 0 Å². The van der Waals surface area contributed by atoms with Gasteiger partial charge in [-0.15, -0.1) is 13.2 Å². The smallest absolute Gasteiger partial charge is 0.399 e. The standard InChI is InChI=1S/C23H21F7O2/c1-31-12-20(26)21(27)16-8-6-14(7-9-16)13-2-4-15(5-3-13)17-10-18(24)22(19(25)11-17)32-23(28,29)30/h6-11,13,15H,2-5,12H2,1H3/b21-20+. The van der Waals surface area contributed by atoms with E-state index in [1.165, 1.54) is 19.2 Å². The van der Waals surface area contributed by atoms with Crippen LogP contribution in [0.1, 0.15) is 54.2 Å².